The molecule has 6 nitrogen and oxygen atoms in total. The molecule has 156 valence electrons. The molecule has 1 aromatic heterocycles. The predicted molar refractivity (Wildman–Crippen MR) is 121 cm³/mol. The van der Waals surface area contributed by atoms with Gasteiger partial charge in [0.05, 0.1) is 0 Å². The van der Waals surface area contributed by atoms with E-state index in [4.69, 9.17) is 35.4 Å². The largest absolute Gasteiger partial charge is 0.339 e. The van der Waals surface area contributed by atoms with Gasteiger partial charge in [-0.05, 0) is 54.2 Å². The molecule has 0 bridgehead atoms. The number of halogens is 2. The van der Waals surface area contributed by atoms with Crippen molar-refractivity contribution in [1.29, 1.82) is 0 Å². The number of hydrogen-bond donors (Lipinski definition) is 1. The number of hydrogen-bond acceptors (Lipinski definition) is 4. The van der Waals surface area contributed by atoms with Crippen LogP contribution in [-0.2, 0) is 17.9 Å². The second kappa shape index (κ2) is 9.31. The Balaban J connectivity index is 1.38. The number of nitrogens with one attached hydrogen (secondary N) is 1. The molecule has 0 saturated carbocycles. The maximum Gasteiger partial charge on any atom is 0.242 e. The molecule has 0 radical (unpaired) electrons. The molecule has 4 rings (SSSR count). The number of H-pyrrole nitrogens is 1. The molecule has 1 N–H and O–H groups in total. The van der Waals surface area contributed by atoms with Gasteiger partial charge in [0.15, 0.2) is 10.6 Å². The molecule has 0 spiro atoms. The Morgan fingerprint density at radius 1 is 1.03 bits per heavy atom. The number of piperazine rings is 1. The lowest BCUT2D eigenvalue weighted by Gasteiger charge is -2.35. The molecule has 1 aliphatic rings. The highest BCUT2D eigenvalue weighted by molar-refractivity contribution is 7.71. The van der Waals surface area contributed by atoms with Crippen LogP contribution >= 0.6 is 35.4 Å². The Labute approximate surface area is 190 Å². The van der Waals surface area contributed by atoms with E-state index in [1.54, 1.807) is 16.7 Å². The summed E-state index contributed by atoms with van der Waals surface area (Å²) >= 11 is 17.4. The van der Waals surface area contributed by atoms with Crippen LogP contribution in [0.4, 0.5) is 0 Å². The minimum Gasteiger partial charge on any atom is -0.339 e. The van der Waals surface area contributed by atoms with Gasteiger partial charge in [-0.2, -0.15) is 5.10 Å². The van der Waals surface area contributed by atoms with E-state index in [0.717, 1.165) is 30.2 Å². The minimum absolute atomic E-state index is 0.0325. The predicted octanol–water partition coefficient (Wildman–Crippen LogP) is 4.26. The minimum atomic E-state index is 0.0325. The number of aromatic nitrogens is 3. The van der Waals surface area contributed by atoms with E-state index >= 15 is 0 Å². The van der Waals surface area contributed by atoms with Crippen molar-refractivity contribution >= 4 is 41.3 Å². The first-order chi connectivity index (χ1) is 14.5. The Hall–Kier alpha value is -2.19. The van der Waals surface area contributed by atoms with Crippen molar-refractivity contribution in [2.45, 2.75) is 13.1 Å². The molecule has 30 heavy (non-hydrogen) atoms. The molecule has 1 fully saturated rings. The number of carbonyl (C=O) groups is 1. The third kappa shape index (κ3) is 4.92. The fraction of sp³-hybridized carbons (Fsp3) is 0.286. The normalized spacial score (nSPS) is 14.8. The summed E-state index contributed by atoms with van der Waals surface area (Å²) < 4.78 is 2.16. The molecule has 0 unspecified atom stereocenters. The zero-order chi connectivity index (χ0) is 21.1. The molecule has 1 aliphatic heterocycles. The van der Waals surface area contributed by atoms with E-state index in [1.807, 2.05) is 35.2 Å². The van der Waals surface area contributed by atoms with Gasteiger partial charge >= 0.3 is 0 Å². The molecule has 2 aromatic carbocycles. The van der Waals surface area contributed by atoms with Gasteiger partial charge in [0.2, 0.25) is 5.91 Å². The van der Waals surface area contributed by atoms with Gasteiger partial charge in [0, 0.05) is 48.3 Å². The molecule has 1 amide bonds. The third-order valence-electron chi connectivity index (χ3n) is 5.17. The van der Waals surface area contributed by atoms with E-state index in [2.05, 4.69) is 21.2 Å². The summed E-state index contributed by atoms with van der Waals surface area (Å²) in [6, 6.07) is 15.2. The number of aromatic amines is 1. The molecule has 0 atom stereocenters. The number of benzene rings is 2. The average molecular weight is 462 g/mol. The quantitative estimate of drug-likeness (QED) is 0.576. The highest BCUT2D eigenvalue weighted by Crippen LogP contribution is 2.20. The van der Waals surface area contributed by atoms with Crippen LogP contribution in [0.15, 0.2) is 48.5 Å². The van der Waals surface area contributed by atoms with E-state index in [0.29, 0.717) is 28.7 Å². The SMILES string of the molecule is O=C(Cn1c(-c2ccc(Cl)cc2)n[nH]c1=S)N1CCN(Cc2cccc(Cl)c2)CC1. The summed E-state index contributed by atoms with van der Waals surface area (Å²) in [5.74, 6) is 0.662. The van der Waals surface area contributed by atoms with Crippen LogP contribution in [0.2, 0.25) is 10.0 Å². The van der Waals surface area contributed by atoms with Crippen LogP contribution in [0.25, 0.3) is 11.4 Å². The van der Waals surface area contributed by atoms with Crippen molar-refractivity contribution in [3.8, 4) is 11.4 Å². The molecule has 3 aromatic rings. The summed E-state index contributed by atoms with van der Waals surface area (Å²) in [6.07, 6.45) is 0. The van der Waals surface area contributed by atoms with Crippen LogP contribution in [-0.4, -0.2) is 56.7 Å². The Morgan fingerprint density at radius 2 is 1.77 bits per heavy atom. The second-order valence-corrected chi connectivity index (χ2v) is 8.49. The molecule has 9 heteroatoms. The van der Waals surface area contributed by atoms with Gasteiger partial charge in [-0.15, -0.1) is 0 Å². The lowest BCUT2D eigenvalue weighted by atomic mass is 10.2. The van der Waals surface area contributed by atoms with Gasteiger partial charge in [-0.25, -0.2) is 0 Å². The van der Waals surface area contributed by atoms with Crippen molar-refractivity contribution in [2.75, 3.05) is 26.2 Å². The summed E-state index contributed by atoms with van der Waals surface area (Å²) in [5, 5.41) is 8.47. The van der Waals surface area contributed by atoms with Crippen LogP contribution < -0.4 is 0 Å². The second-order valence-electron chi connectivity index (χ2n) is 7.23. The van der Waals surface area contributed by atoms with E-state index in [-0.39, 0.29) is 12.5 Å². The number of amides is 1. The van der Waals surface area contributed by atoms with Crippen LogP contribution in [0, 0.1) is 4.77 Å². The Morgan fingerprint density at radius 3 is 2.47 bits per heavy atom. The fourth-order valence-corrected chi connectivity index (χ4v) is 4.10. The first kappa shape index (κ1) is 21.1. The standard InChI is InChI=1S/C21H21Cl2N5OS/c22-17-6-4-16(5-7-17)20-24-25-21(30)28(20)14-19(29)27-10-8-26(9-11-27)13-15-2-1-3-18(23)12-15/h1-7,12H,8-11,13-14H2,(H,25,30). The number of rotatable bonds is 5. The zero-order valence-electron chi connectivity index (χ0n) is 16.2. The highest BCUT2D eigenvalue weighted by atomic mass is 35.5. The topological polar surface area (TPSA) is 57.2 Å². The zero-order valence-corrected chi connectivity index (χ0v) is 18.6. The molecule has 1 saturated heterocycles. The third-order valence-corrected chi connectivity index (χ3v) is 5.97. The molecule has 0 aliphatic carbocycles. The van der Waals surface area contributed by atoms with Crippen molar-refractivity contribution < 1.29 is 4.79 Å². The van der Waals surface area contributed by atoms with Gasteiger partial charge in [-0.1, -0.05) is 35.3 Å². The fourth-order valence-electron chi connectivity index (χ4n) is 3.57. The van der Waals surface area contributed by atoms with Crippen LogP contribution in [0.5, 0.6) is 0 Å². The van der Waals surface area contributed by atoms with Crippen LogP contribution in [0.1, 0.15) is 5.56 Å². The summed E-state index contributed by atoms with van der Waals surface area (Å²) in [5.41, 5.74) is 2.03. The van der Waals surface area contributed by atoms with Gasteiger partial charge < -0.3 is 4.90 Å². The smallest absolute Gasteiger partial charge is 0.242 e. The highest BCUT2D eigenvalue weighted by Gasteiger charge is 2.22. The number of nitrogens with zero attached hydrogens (tertiary/aromatic N) is 4. The maximum absolute atomic E-state index is 12.9. The average Bonchev–Trinajstić information content (AvgIpc) is 3.09. The lowest BCUT2D eigenvalue weighted by Crippen LogP contribution is -2.49. The van der Waals surface area contributed by atoms with Gasteiger partial charge in [-0.3, -0.25) is 19.4 Å². The van der Waals surface area contributed by atoms with Crippen molar-refractivity contribution in [1.82, 2.24) is 24.6 Å². The van der Waals surface area contributed by atoms with Crippen molar-refractivity contribution in [3.05, 3.63) is 68.9 Å². The van der Waals surface area contributed by atoms with E-state index in [9.17, 15) is 4.79 Å². The maximum atomic E-state index is 12.9. The van der Waals surface area contributed by atoms with E-state index in [1.165, 1.54) is 5.56 Å². The van der Waals surface area contributed by atoms with Crippen LogP contribution in [0.3, 0.4) is 0 Å². The summed E-state index contributed by atoms with van der Waals surface area (Å²) in [7, 11) is 0. The monoisotopic (exact) mass is 461 g/mol. The van der Waals surface area contributed by atoms with Crippen molar-refractivity contribution in [2.24, 2.45) is 0 Å². The van der Waals surface area contributed by atoms with E-state index < -0.39 is 0 Å². The molecular formula is C21H21Cl2N5OS. The number of carbonyl (C=O) groups excluding carboxylic acids is 1. The van der Waals surface area contributed by atoms with Gasteiger partial charge in [0.1, 0.15) is 6.54 Å². The summed E-state index contributed by atoms with van der Waals surface area (Å²) in [4.78, 5) is 17.1. The lowest BCUT2D eigenvalue weighted by molar-refractivity contribution is -0.133. The molecule has 2 heterocycles. The van der Waals surface area contributed by atoms with Gasteiger partial charge in [0.25, 0.3) is 0 Å². The first-order valence-electron chi connectivity index (χ1n) is 9.65. The van der Waals surface area contributed by atoms with Crippen molar-refractivity contribution in [3.63, 3.8) is 0 Å². The first-order valence-corrected chi connectivity index (χ1v) is 10.8. The Kier molecular flexibility index (Phi) is 6.53. The summed E-state index contributed by atoms with van der Waals surface area (Å²) in [6.45, 7) is 3.98. The molecular weight excluding hydrogens is 441 g/mol. The Bertz CT molecular complexity index is 1090.